The lowest BCUT2D eigenvalue weighted by molar-refractivity contribution is 0.187. The van der Waals surface area contributed by atoms with Gasteiger partial charge in [-0.2, -0.15) is 0 Å². The van der Waals surface area contributed by atoms with E-state index < -0.39 is 0 Å². The molecule has 96 valence electrons. The first-order chi connectivity index (χ1) is 8.40. The fourth-order valence-corrected chi connectivity index (χ4v) is 2.02. The van der Waals surface area contributed by atoms with Crippen molar-refractivity contribution in [2.24, 2.45) is 5.92 Å². The highest BCUT2D eigenvalue weighted by atomic mass is 16.5. The normalized spacial score (nSPS) is 19.7. The molecule has 5 nitrogen and oxygen atoms in total. The SMILES string of the molecule is COCCCn1ccnc1NCC1CCOC1. The number of aromatic nitrogens is 2. The Labute approximate surface area is 102 Å². The molecule has 5 heteroatoms. The van der Waals surface area contributed by atoms with Crippen molar-refractivity contribution in [3.63, 3.8) is 0 Å². The number of methoxy groups -OCH3 is 1. The summed E-state index contributed by atoms with van der Waals surface area (Å²) >= 11 is 0. The number of hydrogen-bond donors (Lipinski definition) is 1. The molecule has 1 aliphatic rings. The summed E-state index contributed by atoms with van der Waals surface area (Å²) in [4.78, 5) is 4.33. The molecule has 1 unspecified atom stereocenters. The number of rotatable bonds is 7. The monoisotopic (exact) mass is 239 g/mol. The molecule has 0 spiro atoms. The Morgan fingerprint density at radius 3 is 3.35 bits per heavy atom. The van der Waals surface area contributed by atoms with Crippen LogP contribution in [-0.2, 0) is 16.0 Å². The summed E-state index contributed by atoms with van der Waals surface area (Å²) < 4.78 is 12.5. The molecule has 17 heavy (non-hydrogen) atoms. The van der Waals surface area contributed by atoms with Gasteiger partial charge in [0.05, 0.1) is 6.61 Å². The number of nitrogens with one attached hydrogen (secondary N) is 1. The van der Waals surface area contributed by atoms with Gasteiger partial charge in [-0.1, -0.05) is 0 Å². The number of anilines is 1. The lowest BCUT2D eigenvalue weighted by Crippen LogP contribution is -2.17. The predicted molar refractivity (Wildman–Crippen MR) is 66.1 cm³/mol. The van der Waals surface area contributed by atoms with E-state index in [2.05, 4.69) is 14.9 Å². The number of imidazole rings is 1. The van der Waals surface area contributed by atoms with Crippen molar-refractivity contribution in [1.29, 1.82) is 0 Å². The first-order valence-electron chi connectivity index (χ1n) is 6.22. The van der Waals surface area contributed by atoms with E-state index >= 15 is 0 Å². The van der Waals surface area contributed by atoms with Gasteiger partial charge in [0.15, 0.2) is 0 Å². The fraction of sp³-hybridized carbons (Fsp3) is 0.750. The van der Waals surface area contributed by atoms with E-state index in [1.165, 1.54) is 0 Å². The Morgan fingerprint density at radius 1 is 1.65 bits per heavy atom. The molecule has 0 aromatic carbocycles. The van der Waals surface area contributed by atoms with E-state index in [-0.39, 0.29) is 0 Å². The van der Waals surface area contributed by atoms with Crippen molar-refractivity contribution in [1.82, 2.24) is 9.55 Å². The first kappa shape index (κ1) is 12.4. The molecule has 0 saturated carbocycles. The number of ether oxygens (including phenoxy) is 2. The Balaban J connectivity index is 1.76. The van der Waals surface area contributed by atoms with Crippen molar-refractivity contribution in [2.45, 2.75) is 19.4 Å². The second kappa shape index (κ2) is 6.61. The second-order valence-corrected chi connectivity index (χ2v) is 4.40. The molecule has 0 bridgehead atoms. The van der Waals surface area contributed by atoms with Gasteiger partial charge in [-0.25, -0.2) is 4.98 Å². The highest BCUT2D eigenvalue weighted by Crippen LogP contribution is 2.13. The Hall–Kier alpha value is -1.07. The zero-order valence-corrected chi connectivity index (χ0v) is 10.4. The van der Waals surface area contributed by atoms with Gasteiger partial charge in [-0.3, -0.25) is 0 Å². The molecule has 1 aromatic rings. The lowest BCUT2D eigenvalue weighted by atomic mass is 10.1. The minimum absolute atomic E-state index is 0.624. The Bertz CT molecular complexity index is 321. The second-order valence-electron chi connectivity index (χ2n) is 4.40. The first-order valence-corrected chi connectivity index (χ1v) is 6.22. The molecular weight excluding hydrogens is 218 g/mol. The van der Waals surface area contributed by atoms with Gasteiger partial charge in [-0.15, -0.1) is 0 Å². The van der Waals surface area contributed by atoms with Gasteiger partial charge in [0, 0.05) is 51.7 Å². The zero-order valence-electron chi connectivity index (χ0n) is 10.4. The van der Waals surface area contributed by atoms with Crippen LogP contribution in [0.5, 0.6) is 0 Å². The van der Waals surface area contributed by atoms with Crippen molar-refractivity contribution in [2.75, 3.05) is 38.8 Å². The third-order valence-corrected chi connectivity index (χ3v) is 3.04. The van der Waals surface area contributed by atoms with Crippen LogP contribution < -0.4 is 5.32 Å². The highest BCUT2D eigenvalue weighted by molar-refractivity contribution is 5.25. The van der Waals surface area contributed by atoms with Gasteiger partial charge in [0.25, 0.3) is 0 Å². The summed E-state index contributed by atoms with van der Waals surface area (Å²) in [6, 6.07) is 0. The van der Waals surface area contributed by atoms with Gasteiger partial charge in [-0.05, 0) is 12.8 Å². The summed E-state index contributed by atoms with van der Waals surface area (Å²) in [7, 11) is 1.73. The summed E-state index contributed by atoms with van der Waals surface area (Å²) in [6.45, 7) is 4.44. The minimum Gasteiger partial charge on any atom is -0.385 e. The Kier molecular flexibility index (Phi) is 4.82. The van der Waals surface area contributed by atoms with Crippen LogP contribution in [0, 0.1) is 5.92 Å². The van der Waals surface area contributed by atoms with Gasteiger partial charge >= 0.3 is 0 Å². The molecule has 0 amide bonds. The van der Waals surface area contributed by atoms with Crippen LogP contribution >= 0.6 is 0 Å². The van der Waals surface area contributed by atoms with Crippen LogP contribution in [0.15, 0.2) is 12.4 Å². The zero-order chi connectivity index (χ0) is 11.9. The van der Waals surface area contributed by atoms with Crippen LogP contribution in [-0.4, -0.2) is 43.0 Å². The minimum atomic E-state index is 0.624. The van der Waals surface area contributed by atoms with E-state index in [1.807, 2.05) is 12.4 Å². The molecule has 1 atom stereocenters. The van der Waals surface area contributed by atoms with Gasteiger partial charge < -0.3 is 19.4 Å². The van der Waals surface area contributed by atoms with Crippen LogP contribution in [0.1, 0.15) is 12.8 Å². The Morgan fingerprint density at radius 2 is 2.59 bits per heavy atom. The predicted octanol–water partition coefficient (Wildman–Crippen LogP) is 1.37. The third-order valence-electron chi connectivity index (χ3n) is 3.04. The standard InChI is InChI=1S/C12H21N3O2/c1-16-7-2-5-15-6-4-13-12(15)14-9-11-3-8-17-10-11/h4,6,11H,2-3,5,7-10H2,1H3,(H,13,14). The van der Waals surface area contributed by atoms with Crippen molar-refractivity contribution in [3.05, 3.63) is 12.4 Å². The van der Waals surface area contributed by atoms with Crippen LogP contribution in [0.2, 0.25) is 0 Å². The summed E-state index contributed by atoms with van der Waals surface area (Å²) in [5, 5.41) is 3.39. The van der Waals surface area contributed by atoms with Crippen LogP contribution in [0.25, 0.3) is 0 Å². The fourth-order valence-electron chi connectivity index (χ4n) is 2.02. The third kappa shape index (κ3) is 3.71. The van der Waals surface area contributed by atoms with Crippen molar-refractivity contribution in [3.8, 4) is 0 Å². The van der Waals surface area contributed by atoms with Gasteiger partial charge in [0.1, 0.15) is 0 Å². The van der Waals surface area contributed by atoms with Gasteiger partial charge in [0.2, 0.25) is 5.95 Å². The van der Waals surface area contributed by atoms with E-state index in [1.54, 1.807) is 7.11 Å². The molecule has 1 aliphatic heterocycles. The molecule has 1 fully saturated rings. The summed E-state index contributed by atoms with van der Waals surface area (Å²) in [5.74, 6) is 1.58. The maximum absolute atomic E-state index is 5.35. The number of nitrogens with zero attached hydrogens (tertiary/aromatic N) is 2. The molecule has 0 aliphatic carbocycles. The molecule has 1 N–H and O–H groups in total. The lowest BCUT2D eigenvalue weighted by Gasteiger charge is -2.12. The molecule has 2 rings (SSSR count). The topological polar surface area (TPSA) is 48.3 Å². The maximum atomic E-state index is 5.35. The van der Waals surface area contributed by atoms with E-state index in [9.17, 15) is 0 Å². The van der Waals surface area contributed by atoms with E-state index in [4.69, 9.17) is 9.47 Å². The van der Waals surface area contributed by atoms with Crippen molar-refractivity contribution < 1.29 is 9.47 Å². The van der Waals surface area contributed by atoms with Crippen LogP contribution in [0.4, 0.5) is 5.95 Å². The van der Waals surface area contributed by atoms with Crippen LogP contribution in [0.3, 0.4) is 0 Å². The highest BCUT2D eigenvalue weighted by Gasteiger charge is 2.15. The summed E-state index contributed by atoms with van der Waals surface area (Å²) in [5.41, 5.74) is 0. The largest absolute Gasteiger partial charge is 0.385 e. The van der Waals surface area contributed by atoms with Crippen molar-refractivity contribution >= 4 is 5.95 Å². The van der Waals surface area contributed by atoms with E-state index in [0.29, 0.717) is 5.92 Å². The molecule has 1 aromatic heterocycles. The molecule has 2 heterocycles. The number of aryl methyl sites for hydroxylation is 1. The maximum Gasteiger partial charge on any atom is 0.202 e. The smallest absolute Gasteiger partial charge is 0.202 e. The quantitative estimate of drug-likeness (QED) is 0.730. The molecule has 0 radical (unpaired) electrons. The average Bonchev–Trinajstić information content (AvgIpc) is 2.97. The average molecular weight is 239 g/mol. The van der Waals surface area contributed by atoms with E-state index in [0.717, 1.165) is 51.7 Å². The molecule has 1 saturated heterocycles. The molecular formula is C12H21N3O2. The summed E-state index contributed by atoms with van der Waals surface area (Å²) in [6.07, 6.45) is 5.99. The number of hydrogen-bond acceptors (Lipinski definition) is 4.